The third-order valence-corrected chi connectivity index (χ3v) is 9.87. The van der Waals surface area contributed by atoms with Crippen molar-refractivity contribution in [2.45, 2.75) is 90.6 Å². The molecule has 0 radical (unpaired) electrons. The zero-order chi connectivity index (χ0) is 23.7. The first kappa shape index (κ1) is 25.2. The van der Waals surface area contributed by atoms with Crippen LogP contribution in [0.3, 0.4) is 0 Å². The molecule has 0 unspecified atom stereocenters. The van der Waals surface area contributed by atoms with Crippen LogP contribution in [-0.4, -0.2) is 50.0 Å². The number of rotatable bonds is 6. The number of aryl methyl sites for hydroxylation is 1. The summed E-state index contributed by atoms with van der Waals surface area (Å²) < 4.78 is 30.2. The van der Waals surface area contributed by atoms with E-state index in [1.165, 1.54) is 11.3 Å². The minimum absolute atomic E-state index is 0.0597. The lowest BCUT2D eigenvalue weighted by molar-refractivity contribution is -0.123. The second-order valence-electron chi connectivity index (χ2n) is 11.0. The number of nitrogens with zero attached hydrogens (tertiary/aromatic N) is 1. The van der Waals surface area contributed by atoms with Gasteiger partial charge in [-0.1, -0.05) is 12.1 Å². The van der Waals surface area contributed by atoms with E-state index in [-0.39, 0.29) is 29.8 Å². The Morgan fingerprint density at radius 1 is 1.06 bits per heavy atom. The number of morpholine rings is 1. The Balaban J connectivity index is 1.55. The standard InChI is InChI=1S/C26H41NO4S/c1-18-13-22(9-12-24(18)27-15-19(2)31-20(3)16-27)14-25(28)23-10-7-21(8-11-23)17-32(29,30)26(4,5)6/h9,12-13,19-21,23H,7-8,10-11,14-17H2,1-6H3/t19-,20+,21?,23?. The fraction of sp³-hybridized carbons (Fsp3) is 0.731. The fourth-order valence-electron chi connectivity index (χ4n) is 5.11. The van der Waals surface area contributed by atoms with Crippen molar-refractivity contribution in [3.63, 3.8) is 0 Å². The highest BCUT2D eigenvalue weighted by Gasteiger charge is 2.34. The van der Waals surface area contributed by atoms with E-state index in [9.17, 15) is 13.2 Å². The molecule has 0 aromatic heterocycles. The van der Waals surface area contributed by atoms with Crippen LogP contribution in [0.15, 0.2) is 18.2 Å². The minimum atomic E-state index is -3.11. The van der Waals surface area contributed by atoms with Crippen molar-refractivity contribution >= 4 is 21.3 Å². The lowest BCUT2D eigenvalue weighted by Gasteiger charge is -2.37. The van der Waals surface area contributed by atoms with E-state index in [2.05, 4.69) is 43.9 Å². The summed E-state index contributed by atoms with van der Waals surface area (Å²) in [5.74, 6) is 0.784. The molecule has 1 heterocycles. The third kappa shape index (κ3) is 6.13. The summed E-state index contributed by atoms with van der Waals surface area (Å²) in [6, 6.07) is 6.39. The van der Waals surface area contributed by atoms with E-state index in [0.29, 0.717) is 12.2 Å². The van der Waals surface area contributed by atoms with Crippen molar-refractivity contribution in [3.8, 4) is 0 Å². The van der Waals surface area contributed by atoms with Crippen LogP contribution in [0.5, 0.6) is 0 Å². The Bertz CT molecular complexity index is 900. The monoisotopic (exact) mass is 463 g/mol. The lowest BCUT2D eigenvalue weighted by Crippen LogP contribution is -2.45. The lowest BCUT2D eigenvalue weighted by atomic mass is 9.79. The number of hydrogen-bond donors (Lipinski definition) is 0. The van der Waals surface area contributed by atoms with Crippen molar-refractivity contribution in [2.24, 2.45) is 11.8 Å². The number of ketones is 1. The van der Waals surface area contributed by atoms with Gasteiger partial charge in [0.05, 0.1) is 22.7 Å². The zero-order valence-electron chi connectivity index (χ0n) is 20.7. The summed E-state index contributed by atoms with van der Waals surface area (Å²) in [7, 11) is -3.11. The number of sulfone groups is 1. The van der Waals surface area contributed by atoms with Gasteiger partial charge in [0.15, 0.2) is 9.84 Å². The molecule has 1 aromatic carbocycles. The predicted molar refractivity (Wildman–Crippen MR) is 131 cm³/mol. The normalized spacial score (nSPS) is 27.4. The van der Waals surface area contributed by atoms with Gasteiger partial charge in [0, 0.05) is 31.1 Å². The molecule has 5 nitrogen and oxygen atoms in total. The summed E-state index contributed by atoms with van der Waals surface area (Å²) in [5.41, 5.74) is 3.50. The number of Topliss-reactive ketones (excluding diaryl/α,β-unsaturated/α-hetero) is 1. The van der Waals surface area contributed by atoms with Crippen molar-refractivity contribution in [1.29, 1.82) is 0 Å². The molecular weight excluding hydrogens is 422 g/mol. The summed E-state index contributed by atoms with van der Waals surface area (Å²) in [4.78, 5) is 15.3. The van der Waals surface area contributed by atoms with Crippen LogP contribution >= 0.6 is 0 Å². The molecule has 0 bridgehead atoms. The Morgan fingerprint density at radius 3 is 2.19 bits per heavy atom. The largest absolute Gasteiger partial charge is 0.372 e. The van der Waals surface area contributed by atoms with E-state index in [1.807, 2.05) is 0 Å². The molecule has 1 aliphatic carbocycles. The van der Waals surface area contributed by atoms with Gasteiger partial charge in [0.2, 0.25) is 0 Å². The predicted octanol–water partition coefficient (Wildman–Crippen LogP) is 4.74. The van der Waals surface area contributed by atoms with Crippen molar-refractivity contribution in [2.75, 3.05) is 23.7 Å². The molecule has 1 aliphatic heterocycles. The number of carbonyl (C=O) groups is 1. The average Bonchev–Trinajstić information content (AvgIpc) is 2.66. The molecule has 2 aliphatic rings. The number of carbonyl (C=O) groups excluding carboxylic acids is 1. The van der Waals surface area contributed by atoms with E-state index >= 15 is 0 Å². The number of hydrogen-bond acceptors (Lipinski definition) is 5. The molecule has 0 spiro atoms. The van der Waals surface area contributed by atoms with Gasteiger partial charge in [-0.3, -0.25) is 4.79 Å². The van der Waals surface area contributed by atoms with Gasteiger partial charge in [-0.25, -0.2) is 8.42 Å². The summed E-state index contributed by atoms with van der Waals surface area (Å²) >= 11 is 0. The average molecular weight is 464 g/mol. The van der Waals surface area contributed by atoms with E-state index in [0.717, 1.165) is 44.3 Å². The number of anilines is 1. The Kier molecular flexibility index (Phi) is 7.76. The zero-order valence-corrected chi connectivity index (χ0v) is 21.5. The third-order valence-electron chi connectivity index (χ3n) is 7.09. The highest BCUT2D eigenvalue weighted by atomic mass is 32.2. The van der Waals surface area contributed by atoms with Gasteiger partial charge < -0.3 is 9.64 Å². The molecule has 3 rings (SSSR count). The number of benzene rings is 1. The molecule has 1 saturated heterocycles. The van der Waals surface area contributed by atoms with Gasteiger partial charge in [-0.2, -0.15) is 0 Å². The molecular formula is C26H41NO4S. The molecule has 6 heteroatoms. The maximum atomic E-state index is 13.0. The molecule has 2 fully saturated rings. The first-order valence-corrected chi connectivity index (χ1v) is 13.8. The highest BCUT2D eigenvalue weighted by molar-refractivity contribution is 7.92. The Labute approximate surface area is 194 Å². The smallest absolute Gasteiger partial charge is 0.155 e. The first-order valence-electron chi connectivity index (χ1n) is 12.1. The molecule has 32 heavy (non-hydrogen) atoms. The maximum absolute atomic E-state index is 13.0. The Hall–Kier alpha value is -1.40. The van der Waals surface area contributed by atoms with Crippen LogP contribution in [0.4, 0.5) is 5.69 Å². The maximum Gasteiger partial charge on any atom is 0.155 e. The fourth-order valence-corrected chi connectivity index (χ4v) is 6.57. The van der Waals surface area contributed by atoms with Crippen LogP contribution in [0.2, 0.25) is 0 Å². The highest BCUT2D eigenvalue weighted by Crippen LogP contribution is 2.33. The molecule has 0 N–H and O–H groups in total. The topological polar surface area (TPSA) is 63.7 Å². The van der Waals surface area contributed by atoms with Crippen molar-refractivity contribution < 1.29 is 17.9 Å². The van der Waals surface area contributed by atoms with Crippen LogP contribution in [0.1, 0.15) is 71.4 Å². The molecule has 2 atom stereocenters. The number of ether oxygens (including phenoxy) is 1. The van der Waals surface area contributed by atoms with Gasteiger partial charge >= 0.3 is 0 Å². The van der Waals surface area contributed by atoms with Gasteiger partial charge in [0.1, 0.15) is 5.78 Å². The molecule has 0 amide bonds. The minimum Gasteiger partial charge on any atom is -0.372 e. The van der Waals surface area contributed by atoms with Crippen molar-refractivity contribution in [1.82, 2.24) is 0 Å². The van der Waals surface area contributed by atoms with Gasteiger partial charge in [0.25, 0.3) is 0 Å². The van der Waals surface area contributed by atoms with Crippen LogP contribution in [0.25, 0.3) is 0 Å². The van der Waals surface area contributed by atoms with Crippen LogP contribution < -0.4 is 4.90 Å². The van der Waals surface area contributed by atoms with Gasteiger partial charge in [-0.05, 0) is 90.3 Å². The molecule has 1 saturated carbocycles. The second kappa shape index (κ2) is 9.84. The SMILES string of the molecule is Cc1cc(CC(=O)C2CCC(CS(=O)(=O)C(C)(C)C)CC2)ccc1N1C[C@@H](C)O[C@@H](C)C1. The second-order valence-corrected chi connectivity index (χ2v) is 13.8. The van der Waals surface area contributed by atoms with E-state index in [1.54, 1.807) is 20.8 Å². The summed E-state index contributed by atoms with van der Waals surface area (Å²) in [6.45, 7) is 13.4. The van der Waals surface area contributed by atoms with E-state index < -0.39 is 14.6 Å². The summed E-state index contributed by atoms with van der Waals surface area (Å²) in [6.07, 6.45) is 4.18. The summed E-state index contributed by atoms with van der Waals surface area (Å²) in [5, 5.41) is 0. The Morgan fingerprint density at radius 2 is 1.66 bits per heavy atom. The molecule has 1 aromatic rings. The molecule has 180 valence electrons. The van der Waals surface area contributed by atoms with E-state index in [4.69, 9.17) is 4.74 Å². The van der Waals surface area contributed by atoms with Gasteiger partial charge in [-0.15, -0.1) is 0 Å². The van der Waals surface area contributed by atoms with Crippen molar-refractivity contribution in [3.05, 3.63) is 29.3 Å². The van der Waals surface area contributed by atoms with Crippen LogP contribution in [-0.2, 0) is 25.8 Å². The first-order chi connectivity index (χ1) is 14.9. The van der Waals surface area contributed by atoms with Crippen LogP contribution in [0, 0.1) is 18.8 Å². The quantitative estimate of drug-likeness (QED) is 0.610.